The third-order valence-corrected chi connectivity index (χ3v) is 7.15. The molecule has 2 amide bonds. The summed E-state index contributed by atoms with van der Waals surface area (Å²) in [5, 5.41) is 17.2. The van der Waals surface area contributed by atoms with Crippen molar-refractivity contribution >= 4 is 31.0 Å². The molecule has 4 N–H and O–H groups in total. The minimum Gasteiger partial charge on any atom is -0.350 e. The molecule has 192 valence electrons. The Labute approximate surface area is 208 Å². The zero-order valence-electron chi connectivity index (χ0n) is 19.7. The lowest BCUT2D eigenvalue weighted by atomic mass is 9.91. The lowest BCUT2D eigenvalue weighted by molar-refractivity contribution is -0.133. The van der Waals surface area contributed by atoms with E-state index in [4.69, 9.17) is 21.4 Å². The summed E-state index contributed by atoms with van der Waals surface area (Å²) in [5.74, 6) is -0.300. The van der Waals surface area contributed by atoms with Crippen LogP contribution in [0.4, 0.5) is 0 Å². The second-order valence-corrected chi connectivity index (χ2v) is 11.1. The van der Waals surface area contributed by atoms with E-state index in [9.17, 15) is 14.2 Å². The SMILES string of the molecule is C[C@H]1CCN(CCCP(=O)(O)O)[C@@H](C(=O)N[C@@H](C)C(=O)NCc2cc(Cl)ccc2-n2cnnn2)C1. The number of carbonyl (C=O) groups excluding carboxylic acids is 2. The van der Waals surface area contributed by atoms with Crippen LogP contribution in [0.5, 0.6) is 0 Å². The summed E-state index contributed by atoms with van der Waals surface area (Å²) in [6.45, 7) is 4.90. The summed E-state index contributed by atoms with van der Waals surface area (Å²) in [6.07, 6.45) is 3.03. The number of tetrazole rings is 1. The van der Waals surface area contributed by atoms with Gasteiger partial charge in [-0.25, -0.2) is 4.68 Å². The average Bonchev–Trinajstić information content (AvgIpc) is 3.32. The molecule has 2 heterocycles. The maximum absolute atomic E-state index is 13.0. The van der Waals surface area contributed by atoms with Gasteiger partial charge in [0, 0.05) is 11.6 Å². The third kappa shape index (κ3) is 8.08. The second kappa shape index (κ2) is 12.0. The van der Waals surface area contributed by atoms with Crippen LogP contribution in [0.3, 0.4) is 0 Å². The normalized spacial score (nSPS) is 19.8. The molecule has 14 heteroatoms. The van der Waals surface area contributed by atoms with Crippen molar-refractivity contribution in [2.45, 2.75) is 51.7 Å². The first kappa shape index (κ1) is 27.2. The van der Waals surface area contributed by atoms with Crippen molar-refractivity contribution in [2.24, 2.45) is 5.92 Å². The fraction of sp³-hybridized carbons (Fsp3) is 0.571. The molecule has 2 aromatic rings. The highest BCUT2D eigenvalue weighted by molar-refractivity contribution is 7.51. The molecule has 0 aliphatic carbocycles. The summed E-state index contributed by atoms with van der Waals surface area (Å²) in [5.41, 5.74) is 1.37. The number of nitrogens with one attached hydrogen (secondary N) is 2. The topological polar surface area (TPSA) is 163 Å². The number of hydrogen-bond acceptors (Lipinski definition) is 7. The van der Waals surface area contributed by atoms with E-state index in [1.165, 1.54) is 11.0 Å². The number of halogens is 1. The van der Waals surface area contributed by atoms with Crippen molar-refractivity contribution in [1.82, 2.24) is 35.7 Å². The molecule has 1 aliphatic rings. The summed E-state index contributed by atoms with van der Waals surface area (Å²) in [4.78, 5) is 45.9. The fourth-order valence-corrected chi connectivity index (χ4v) is 4.86. The lowest BCUT2D eigenvalue weighted by Crippen LogP contribution is -2.55. The number of rotatable bonds is 10. The highest BCUT2D eigenvalue weighted by Crippen LogP contribution is 2.35. The number of likely N-dealkylation sites (tertiary alicyclic amines) is 1. The predicted octanol–water partition coefficient (Wildman–Crippen LogP) is 1.10. The molecule has 0 unspecified atom stereocenters. The number of carbonyl (C=O) groups is 2. The Morgan fingerprint density at radius 2 is 2.11 bits per heavy atom. The number of benzene rings is 1. The highest BCUT2D eigenvalue weighted by atomic mass is 35.5. The molecular weight excluding hydrogens is 497 g/mol. The molecule has 0 radical (unpaired) electrons. The van der Waals surface area contributed by atoms with Gasteiger partial charge in [-0.15, -0.1) is 5.10 Å². The monoisotopic (exact) mass is 527 g/mol. The van der Waals surface area contributed by atoms with Crippen LogP contribution in [-0.4, -0.2) is 78.0 Å². The van der Waals surface area contributed by atoms with Crippen LogP contribution in [0.15, 0.2) is 24.5 Å². The standard InChI is InChI=1S/C21H31ClN7O5P/c1-14-6-8-28(7-3-9-35(32,33)34)19(10-14)21(31)25-15(2)20(30)23-12-16-11-17(22)4-5-18(16)29-13-24-26-27-29/h4-5,11,13-15,19H,3,6-10,12H2,1-2H3,(H,23,30)(H,25,31)(H2,32,33,34)/t14-,15-,19+/m0/s1. The molecule has 3 atom stereocenters. The average molecular weight is 528 g/mol. The van der Waals surface area contributed by atoms with Gasteiger partial charge in [-0.05, 0) is 79.4 Å². The smallest absolute Gasteiger partial charge is 0.325 e. The number of aromatic nitrogens is 4. The summed E-state index contributed by atoms with van der Waals surface area (Å²) in [7, 11) is -4.08. The van der Waals surface area contributed by atoms with Crippen LogP contribution in [0.25, 0.3) is 5.69 Å². The Balaban J connectivity index is 1.58. The predicted molar refractivity (Wildman–Crippen MR) is 129 cm³/mol. The Kier molecular flexibility index (Phi) is 9.37. The molecule has 1 aliphatic heterocycles. The van der Waals surface area contributed by atoms with Gasteiger partial charge in [-0.3, -0.25) is 19.1 Å². The van der Waals surface area contributed by atoms with Crippen LogP contribution in [0.1, 0.15) is 38.7 Å². The number of nitrogens with zero attached hydrogens (tertiary/aromatic N) is 5. The quantitative estimate of drug-likeness (QED) is 0.331. The zero-order chi connectivity index (χ0) is 25.6. The summed E-state index contributed by atoms with van der Waals surface area (Å²) < 4.78 is 12.6. The van der Waals surface area contributed by atoms with Gasteiger partial charge in [0.15, 0.2) is 0 Å². The molecule has 3 rings (SSSR count). The van der Waals surface area contributed by atoms with Crippen LogP contribution >= 0.6 is 19.2 Å². The van der Waals surface area contributed by atoms with Gasteiger partial charge in [-0.2, -0.15) is 0 Å². The first-order valence-corrected chi connectivity index (χ1v) is 13.6. The molecule has 1 saturated heterocycles. The molecule has 1 aromatic carbocycles. The van der Waals surface area contributed by atoms with E-state index in [-0.39, 0.29) is 24.5 Å². The van der Waals surface area contributed by atoms with E-state index < -0.39 is 19.7 Å². The van der Waals surface area contributed by atoms with Crippen LogP contribution < -0.4 is 10.6 Å². The number of hydrogen-bond donors (Lipinski definition) is 4. The van der Waals surface area contributed by atoms with Crippen molar-refractivity contribution < 1.29 is 23.9 Å². The molecule has 1 aromatic heterocycles. The molecule has 0 bridgehead atoms. The Morgan fingerprint density at radius 3 is 2.80 bits per heavy atom. The number of piperidine rings is 1. The van der Waals surface area contributed by atoms with Crippen molar-refractivity contribution in [1.29, 1.82) is 0 Å². The highest BCUT2D eigenvalue weighted by Gasteiger charge is 2.33. The maximum atomic E-state index is 13.0. The third-order valence-electron chi connectivity index (χ3n) is 6.02. The lowest BCUT2D eigenvalue weighted by Gasteiger charge is -2.38. The molecule has 0 spiro atoms. The van der Waals surface area contributed by atoms with E-state index in [2.05, 4.69) is 33.1 Å². The van der Waals surface area contributed by atoms with E-state index in [0.717, 1.165) is 6.42 Å². The first-order chi connectivity index (χ1) is 16.5. The summed E-state index contributed by atoms with van der Waals surface area (Å²) >= 11 is 6.12. The van der Waals surface area contributed by atoms with Gasteiger partial charge < -0.3 is 20.4 Å². The Hall–Kier alpha value is -2.37. The Morgan fingerprint density at radius 1 is 1.34 bits per heavy atom. The van der Waals surface area contributed by atoms with Gasteiger partial charge in [0.2, 0.25) is 11.8 Å². The molecular formula is C21H31ClN7O5P. The first-order valence-electron chi connectivity index (χ1n) is 11.4. The van der Waals surface area contributed by atoms with Gasteiger partial charge in [0.05, 0.1) is 17.9 Å². The zero-order valence-corrected chi connectivity index (χ0v) is 21.3. The van der Waals surface area contributed by atoms with E-state index >= 15 is 0 Å². The van der Waals surface area contributed by atoms with Crippen molar-refractivity contribution in [3.63, 3.8) is 0 Å². The second-order valence-electron chi connectivity index (χ2n) is 8.90. The van der Waals surface area contributed by atoms with Crippen LogP contribution in [0, 0.1) is 5.92 Å². The minimum atomic E-state index is -4.08. The number of amides is 2. The van der Waals surface area contributed by atoms with Gasteiger partial charge in [0.1, 0.15) is 12.4 Å². The molecule has 0 saturated carbocycles. The van der Waals surface area contributed by atoms with Gasteiger partial charge in [-0.1, -0.05) is 18.5 Å². The largest absolute Gasteiger partial charge is 0.350 e. The van der Waals surface area contributed by atoms with E-state index in [1.807, 2.05) is 4.90 Å². The van der Waals surface area contributed by atoms with Crippen molar-refractivity contribution in [3.8, 4) is 5.69 Å². The van der Waals surface area contributed by atoms with E-state index in [1.54, 1.807) is 25.1 Å². The van der Waals surface area contributed by atoms with E-state index in [0.29, 0.717) is 48.1 Å². The molecule has 12 nitrogen and oxygen atoms in total. The van der Waals surface area contributed by atoms with Crippen molar-refractivity contribution in [2.75, 3.05) is 19.3 Å². The molecule has 1 fully saturated rings. The fourth-order valence-electron chi connectivity index (χ4n) is 4.11. The summed E-state index contributed by atoms with van der Waals surface area (Å²) in [6, 6.07) is 3.92. The maximum Gasteiger partial charge on any atom is 0.325 e. The Bertz CT molecular complexity index is 1060. The molecule has 35 heavy (non-hydrogen) atoms. The van der Waals surface area contributed by atoms with Crippen molar-refractivity contribution in [3.05, 3.63) is 35.1 Å². The van der Waals surface area contributed by atoms with Crippen LogP contribution in [0.2, 0.25) is 5.02 Å². The minimum absolute atomic E-state index is 0.157. The van der Waals surface area contributed by atoms with Gasteiger partial charge in [0.25, 0.3) is 0 Å². The van der Waals surface area contributed by atoms with Gasteiger partial charge >= 0.3 is 7.60 Å². The van der Waals surface area contributed by atoms with Crippen LogP contribution in [-0.2, 0) is 20.7 Å².